The monoisotopic (exact) mass is 312 g/mol. The molecule has 0 aromatic carbocycles. The minimum absolute atomic E-state index is 0.108. The second-order valence-corrected chi connectivity index (χ2v) is 5.68. The van der Waals surface area contributed by atoms with Gasteiger partial charge in [-0.15, -0.1) is 0 Å². The van der Waals surface area contributed by atoms with Gasteiger partial charge in [-0.3, -0.25) is 9.78 Å². The zero-order valence-corrected chi connectivity index (χ0v) is 12.8. The van der Waals surface area contributed by atoms with Gasteiger partial charge in [-0.05, 0) is 49.2 Å². The molecule has 3 rings (SSSR count). The lowest BCUT2D eigenvalue weighted by Gasteiger charge is -2.21. The standard InChI is InChI=1S/C17H16N2O4/c1-10-5-13(3-4-18-10)17(2,22)14-8-12-6-11(7-15(20)21)9-19-16(12)23-14/h3-6,8-9,22H,7H2,1-2H3,(H,20,21). The number of hydrogen-bond donors (Lipinski definition) is 2. The van der Waals surface area contributed by atoms with Crippen LogP contribution in [0.4, 0.5) is 0 Å². The number of aromatic nitrogens is 2. The van der Waals surface area contributed by atoms with Crippen LogP contribution in [-0.2, 0) is 16.8 Å². The van der Waals surface area contributed by atoms with Crippen molar-refractivity contribution in [3.8, 4) is 0 Å². The van der Waals surface area contributed by atoms with Gasteiger partial charge in [0.1, 0.15) is 11.4 Å². The average molecular weight is 312 g/mol. The van der Waals surface area contributed by atoms with Crippen molar-refractivity contribution >= 4 is 17.1 Å². The zero-order valence-electron chi connectivity index (χ0n) is 12.8. The number of rotatable bonds is 4. The molecule has 0 aliphatic rings. The van der Waals surface area contributed by atoms with Crippen LogP contribution in [0, 0.1) is 6.92 Å². The highest BCUT2D eigenvalue weighted by Crippen LogP contribution is 2.33. The first-order valence-corrected chi connectivity index (χ1v) is 7.12. The van der Waals surface area contributed by atoms with Gasteiger partial charge < -0.3 is 14.6 Å². The van der Waals surface area contributed by atoms with E-state index in [0.29, 0.717) is 28.0 Å². The molecule has 2 N–H and O–H groups in total. The fourth-order valence-electron chi connectivity index (χ4n) is 2.48. The molecular weight excluding hydrogens is 296 g/mol. The van der Waals surface area contributed by atoms with Gasteiger partial charge in [-0.1, -0.05) is 0 Å². The van der Waals surface area contributed by atoms with Crippen molar-refractivity contribution < 1.29 is 19.4 Å². The van der Waals surface area contributed by atoms with E-state index in [-0.39, 0.29) is 6.42 Å². The Balaban J connectivity index is 2.03. The summed E-state index contributed by atoms with van der Waals surface area (Å²) in [6, 6.07) is 6.90. The van der Waals surface area contributed by atoms with Crippen LogP contribution in [0.1, 0.15) is 29.5 Å². The third-order valence-corrected chi connectivity index (χ3v) is 3.72. The summed E-state index contributed by atoms with van der Waals surface area (Å²) in [4.78, 5) is 19.0. The number of fused-ring (bicyclic) bond motifs is 1. The van der Waals surface area contributed by atoms with Gasteiger partial charge in [0.05, 0.1) is 6.42 Å². The lowest BCUT2D eigenvalue weighted by molar-refractivity contribution is -0.136. The van der Waals surface area contributed by atoms with Gasteiger partial charge >= 0.3 is 5.97 Å². The van der Waals surface area contributed by atoms with E-state index in [1.54, 1.807) is 37.4 Å². The molecule has 0 aliphatic carbocycles. The molecule has 3 aromatic heterocycles. The van der Waals surface area contributed by atoms with E-state index in [4.69, 9.17) is 9.52 Å². The maximum Gasteiger partial charge on any atom is 0.307 e. The molecule has 23 heavy (non-hydrogen) atoms. The lowest BCUT2D eigenvalue weighted by Crippen LogP contribution is -2.22. The Morgan fingerprint density at radius 2 is 2.09 bits per heavy atom. The molecule has 118 valence electrons. The van der Waals surface area contributed by atoms with Crippen molar-refractivity contribution in [3.63, 3.8) is 0 Å². The molecule has 1 unspecified atom stereocenters. The summed E-state index contributed by atoms with van der Waals surface area (Å²) in [5.74, 6) is -0.577. The summed E-state index contributed by atoms with van der Waals surface area (Å²) < 4.78 is 5.66. The van der Waals surface area contributed by atoms with E-state index in [2.05, 4.69) is 9.97 Å². The largest absolute Gasteiger partial charge is 0.481 e. The number of carboxylic acids is 1. The summed E-state index contributed by atoms with van der Waals surface area (Å²) in [7, 11) is 0. The van der Waals surface area contributed by atoms with Crippen LogP contribution in [0.5, 0.6) is 0 Å². The first-order chi connectivity index (χ1) is 10.9. The molecule has 0 saturated carbocycles. The minimum atomic E-state index is -1.33. The molecule has 6 heteroatoms. The van der Waals surface area contributed by atoms with Crippen molar-refractivity contribution in [3.05, 3.63) is 59.2 Å². The summed E-state index contributed by atoms with van der Waals surface area (Å²) in [6.45, 7) is 3.48. The minimum Gasteiger partial charge on any atom is -0.481 e. The SMILES string of the molecule is Cc1cc(C(C)(O)c2cc3cc(CC(=O)O)cnc3o2)ccn1. The predicted octanol–water partition coefficient (Wildman–Crippen LogP) is 2.41. The highest BCUT2D eigenvalue weighted by atomic mass is 16.4. The third kappa shape index (κ3) is 2.93. The fraction of sp³-hybridized carbons (Fsp3) is 0.235. The first kappa shape index (κ1) is 15.2. The molecule has 3 aromatic rings. The molecule has 0 radical (unpaired) electrons. The van der Waals surface area contributed by atoms with Crippen LogP contribution in [0.15, 0.2) is 41.1 Å². The molecule has 0 fully saturated rings. The first-order valence-electron chi connectivity index (χ1n) is 7.12. The van der Waals surface area contributed by atoms with Gasteiger partial charge in [0.2, 0.25) is 5.71 Å². The van der Waals surface area contributed by atoms with E-state index in [1.807, 2.05) is 6.92 Å². The summed E-state index contributed by atoms with van der Waals surface area (Å²) in [5, 5.41) is 20.4. The maximum atomic E-state index is 10.9. The van der Waals surface area contributed by atoms with Crippen molar-refractivity contribution in [2.45, 2.75) is 25.9 Å². The smallest absolute Gasteiger partial charge is 0.307 e. The van der Waals surface area contributed by atoms with Crippen molar-refractivity contribution in [1.29, 1.82) is 0 Å². The molecule has 0 amide bonds. The van der Waals surface area contributed by atoms with Gasteiger partial charge in [0.25, 0.3) is 0 Å². The van der Waals surface area contributed by atoms with Gasteiger partial charge in [-0.2, -0.15) is 0 Å². The average Bonchev–Trinajstić information content (AvgIpc) is 2.90. The number of aliphatic carboxylic acids is 1. The Bertz CT molecular complexity index is 883. The number of furan rings is 1. The number of aliphatic hydroxyl groups is 1. The highest BCUT2D eigenvalue weighted by Gasteiger charge is 2.30. The van der Waals surface area contributed by atoms with Crippen molar-refractivity contribution in [2.75, 3.05) is 0 Å². The van der Waals surface area contributed by atoms with E-state index >= 15 is 0 Å². The van der Waals surface area contributed by atoms with Crippen LogP contribution >= 0.6 is 0 Å². The van der Waals surface area contributed by atoms with Crippen LogP contribution in [0.2, 0.25) is 0 Å². The van der Waals surface area contributed by atoms with Gasteiger partial charge in [-0.25, -0.2) is 4.98 Å². The van der Waals surface area contributed by atoms with E-state index in [0.717, 1.165) is 5.69 Å². The molecule has 0 bridgehead atoms. The van der Waals surface area contributed by atoms with Crippen LogP contribution in [0.25, 0.3) is 11.1 Å². The summed E-state index contributed by atoms with van der Waals surface area (Å²) in [6.07, 6.45) is 2.99. The second-order valence-electron chi connectivity index (χ2n) is 5.68. The Morgan fingerprint density at radius 1 is 1.30 bits per heavy atom. The normalized spacial score (nSPS) is 13.9. The maximum absolute atomic E-state index is 10.9. The number of carbonyl (C=O) groups is 1. The molecule has 0 spiro atoms. The highest BCUT2D eigenvalue weighted by molar-refractivity contribution is 5.77. The molecule has 6 nitrogen and oxygen atoms in total. The third-order valence-electron chi connectivity index (χ3n) is 3.72. The van der Waals surface area contributed by atoms with Crippen LogP contribution in [0.3, 0.4) is 0 Å². The van der Waals surface area contributed by atoms with Crippen molar-refractivity contribution in [1.82, 2.24) is 9.97 Å². The quantitative estimate of drug-likeness (QED) is 0.768. The van der Waals surface area contributed by atoms with E-state index < -0.39 is 11.6 Å². The molecule has 1 atom stereocenters. The second kappa shape index (κ2) is 5.48. The van der Waals surface area contributed by atoms with Gasteiger partial charge in [0.15, 0.2) is 0 Å². The number of nitrogens with zero attached hydrogens (tertiary/aromatic N) is 2. The Labute approximate surface area is 132 Å². The summed E-state index contributed by atoms with van der Waals surface area (Å²) >= 11 is 0. The topological polar surface area (TPSA) is 96.5 Å². The van der Waals surface area contributed by atoms with E-state index in [1.165, 1.54) is 6.20 Å². The molecular formula is C17H16N2O4. The summed E-state index contributed by atoms with van der Waals surface area (Å²) in [5.41, 5.74) is 1.06. The Hall–Kier alpha value is -2.73. The number of pyridine rings is 2. The molecule has 3 heterocycles. The van der Waals surface area contributed by atoms with Crippen LogP contribution in [-0.4, -0.2) is 26.2 Å². The molecule has 0 saturated heterocycles. The zero-order chi connectivity index (χ0) is 16.6. The Morgan fingerprint density at radius 3 is 2.78 bits per heavy atom. The predicted molar refractivity (Wildman–Crippen MR) is 83.0 cm³/mol. The van der Waals surface area contributed by atoms with E-state index in [9.17, 15) is 9.90 Å². The Kier molecular flexibility index (Phi) is 3.61. The molecule has 0 aliphatic heterocycles. The number of carboxylic acid groups (broad SMARTS) is 1. The number of aryl methyl sites for hydroxylation is 1. The van der Waals surface area contributed by atoms with Crippen molar-refractivity contribution in [2.24, 2.45) is 0 Å². The fourth-order valence-corrected chi connectivity index (χ4v) is 2.48. The number of hydrogen-bond acceptors (Lipinski definition) is 5. The van der Waals surface area contributed by atoms with Crippen LogP contribution < -0.4 is 0 Å². The van der Waals surface area contributed by atoms with Gasteiger partial charge in [0, 0.05) is 23.5 Å². The lowest BCUT2D eigenvalue weighted by atomic mass is 9.93.